The predicted molar refractivity (Wildman–Crippen MR) is 84.0 cm³/mol. The normalized spacial score (nSPS) is 12.3. The zero-order chi connectivity index (χ0) is 15.7. The van der Waals surface area contributed by atoms with E-state index in [1.807, 2.05) is 18.2 Å². The van der Waals surface area contributed by atoms with E-state index in [1.165, 1.54) is 16.8 Å². The fourth-order valence-electron chi connectivity index (χ4n) is 2.26. The molecule has 0 aliphatic carbocycles. The first-order valence-electron chi connectivity index (χ1n) is 6.87. The van der Waals surface area contributed by atoms with Crippen molar-refractivity contribution >= 4 is 16.6 Å². The molecule has 0 spiro atoms. The van der Waals surface area contributed by atoms with Gasteiger partial charge in [0.1, 0.15) is 17.0 Å². The molecule has 2 aromatic carbocycles. The molecule has 22 heavy (non-hydrogen) atoms. The Bertz CT molecular complexity index is 874. The van der Waals surface area contributed by atoms with Gasteiger partial charge in [-0.15, -0.1) is 0 Å². The molecule has 5 nitrogen and oxygen atoms in total. The number of nitrogens with one attached hydrogen (secondary N) is 1. The quantitative estimate of drug-likeness (QED) is 0.779. The van der Waals surface area contributed by atoms with Gasteiger partial charge in [0, 0.05) is 0 Å². The van der Waals surface area contributed by atoms with Crippen molar-refractivity contribution in [2.75, 3.05) is 5.43 Å². The third-order valence-electron chi connectivity index (χ3n) is 3.29. The lowest BCUT2D eigenvalue weighted by Crippen LogP contribution is -2.33. The number of benzene rings is 2. The second-order valence-corrected chi connectivity index (χ2v) is 5.01. The minimum absolute atomic E-state index is 0.0599. The van der Waals surface area contributed by atoms with Crippen LogP contribution in [0.5, 0.6) is 0 Å². The Morgan fingerprint density at radius 1 is 1.18 bits per heavy atom. The number of fused-ring (bicyclic) bond motifs is 1. The monoisotopic (exact) mass is 298 g/mol. The largest absolute Gasteiger partial charge is 0.322 e. The van der Waals surface area contributed by atoms with Crippen LogP contribution in [-0.2, 0) is 0 Å². The number of rotatable bonds is 3. The van der Waals surface area contributed by atoms with E-state index in [4.69, 9.17) is 5.73 Å². The van der Waals surface area contributed by atoms with Crippen LogP contribution in [0.2, 0.25) is 0 Å². The Hall–Kier alpha value is -2.73. The third kappa shape index (κ3) is 2.44. The van der Waals surface area contributed by atoms with E-state index in [9.17, 15) is 9.18 Å². The third-order valence-corrected chi connectivity index (χ3v) is 3.29. The summed E-state index contributed by atoms with van der Waals surface area (Å²) in [5.41, 5.74) is 9.31. The van der Waals surface area contributed by atoms with Crippen LogP contribution in [0.3, 0.4) is 0 Å². The highest BCUT2D eigenvalue weighted by molar-refractivity contribution is 5.78. The highest BCUT2D eigenvalue weighted by Gasteiger charge is 2.16. The smallest absolute Gasteiger partial charge is 0.283 e. The van der Waals surface area contributed by atoms with Crippen molar-refractivity contribution in [2.24, 2.45) is 5.73 Å². The van der Waals surface area contributed by atoms with Crippen LogP contribution in [-0.4, -0.2) is 9.66 Å². The number of anilines is 1. The average molecular weight is 298 g/mol. The molecule has 6 heteroatoms. The maximum absolute atomic E-state index is 14.0. The van der Waals surface area contributed by atoms with Gasteiger partial charge in [-0.2, -0.15) is 0 Å². The number of hydrogen-bond acceptors (Lipinski definition) is 4. The van der Waals surface area contributed by atoms with Crippen molar-refractivity contribution < 1.29 is 4.39 Å². The summed E-state index contributed by atoms with van der Waals surface area (Å²) in [5, 5.41) is -0.0599. The summed E-state index contributed by atoms with van der Waals surface area (Å²) in [5.74, 6) is -0.262. The van der Waals surface area contributed by atoms with E-state index in [2.05, 4.69) is 10.4 Å². The molecular weight excluding hydrogens is 283 g/mol. The molecule has 0 bridgehead atoms. The maximum atomic E-state index is 14.0. The van der Waals surface area contributed by atoms with Crippen molar-refractivity contribution in [3.63, 3.8) is 0 Å². The molecule has 1 atom stereocenters. The zero-order valence-electron chi connectivity index (χ0n) is 12.0. The molecule has 3 N–H and O–H groups in total. The van der Waals surface area contributed by atoms with Crippen LogP contribution in [0.4, 0.5) is 10.1 Å². The average Bonchev–Trinajstić information content (AvgIpc) is 2.50. The molecule has 0 saturated heterocycles. The molecular formula is C16H15FN4O. The number of nitrogens with zero attached hydrogens (tertiary/aromatic N) is 2. The number of nitrogens with two attached hydrogens (primary N) is 1. The van der Waals surface area contributed by atoms with E-state index in [-0.39, 0.29) is 5.39 Å². The summed E-state index contributed by atoms with van der Waals surface area (Å²) in [6.45, 7) is 1.72. The lowest BCUT2D eigenvalue weighted by atomic mass is 10.2. The molecule has 1 heterocycles. The van der Waals surface area contributed by atoms with E-state index in [0.29, 0.717) is 17.0 Å². The molecule has 0 aliphatic heterocycles. The van der Waals surface area contributed by atoms with E-state index in [0.717, 1.165) is 0 Å². The molecule has 0 radical (unpaired) electrons. The van der Waals surface area contributed by atoms with E-state index >= 15 is 0 Å². The molecule has 1 unspecified atom stereocenters. The van der Waals surface area contributed by atoms with E-state index in [1.54, 1.807) is 25.1 Å². The fraction of sp³-hybridized carbons (Fsp3) is 0.125. The molecule has 0 fully saturated rings. The number of halogens is 1. The first-order valence-corrected chi connectivity index (χ1v) is 6.87. The zero-order valence-corrected chi connectivity index (χ0v) is 12.0. The molecule has 0 saturated carbocycles. The molecule has 3 rings (SSSR count). The van der Waals surface area contributed by atoms with Gasteiger partial charge in [0.15, 0.2) is 0 Å². The van der Waals surface area contributed by atoms with Gasteiger partial charge in [-0.3, -0.25) is 10.2 Å². The summed E-state index contributed by atoms with van der Waals surface area (Å²) >= 11 is 0. The Balaban J connectivity index is 2.27. The van der Waals surface area contributed by atoms with Crippen molar-refractivity contribution in [2.45, 2.75) is 13.0 Å². The van der Waals surface area contributed by atoms with Crippen molar-refractivity contribution in [3.8, 4) is 0 Å². The highest BCUT2D eigenvalue weighted by Crippen LogP contribution is 2.16. The number of para-hydroxylation sites is 1. The van der Waals surface area contributed by atoms with Crippen LogP contribution >= 0.6 is 0 Å². The van der Waals surface area contributed by atoms with Crippen molar-refractivity contribution in [1.29, 1.82) is 0 Å². The summed E-state index contributed by atoms with van der Waals surface area (Å²) in [7, 11) is 0. The first-order chi connectivity index (χ1) is 10.6. The van der Waals surface area contributed by atoms with Gasteiger partial charge >= 0.3 is 0 Å². The maximum Gasteiger partial charge on any atom is 0.283 e. The molecule has 3 aromatic rings. The topological polar surface area (TPSA) is 72.9 Å². The van der Waals surface area contributed by atoms with Crippen LogP contribution in [0.25, 0.3) is 10.9 Å². The molecule has 0 aliphatic rings. The van der Waals surface area contributed by atoms with Crippen LogP contribution in [0.15, 0.2) is 53.3 Å². The summed E-state index contributed by atoms with van der Waals surface area (Å²) in [4.78, 5) is 17.0. The molecule has 0 amide bonds. The number of hydrogen-bond donors (Lipinski definition) is 2. The Labute approximate surface area is 126 Å². The van der Waals surface area contributed by atoms with Gasteiger partial charge in [0.05, 0.1) is 17.2 Å². The Morgan fingerprint density at radius 2 is 1.91 bits per heavy atom. The van der Waals surface area contributed by atoms with Gasteiger partial charge in [0.2, 0.25) is 0 Å². The van der Waals surface area contributed by atoms with E-state index < -0.39 is 17.4 Å². The second-order valence-electron chi connectivity index (χ2n) is 5.01. The second kappa shape index (κ2) is 5.57. The lowest BCUT2D eigenvalue weighted by Gasteiger charge is -2.17. The molecule has 112 valence electrons. The molecule has 1 aromatic heterocycles. The lowest BCUT2D eigenvalue weighted by molar-refractivity contribution is 0.630. The van der Waals surface area contributed by atoms with Gasteiger partial charge in [-0.25, -0.2) is 14.1 Å². The number of aromatic nitrogens is 2. The Kier molecular flexibility index (Phi) is 3.60. The Morgan fingerprint density at radius 3 is 2.59 bits per heavy atom. The highest BCUT2D eigenvalue weighted by atomic mass is 19.1. The summed E-state index contributed by atoms with van der Waals surface area (Å²) in [6, 6.07) is 13.0. The van der Waals surface area contributed by atoms with Crippen LogP contribution in [0.1, 0.15) is 18.8 Å². The SMILES string of the molecule is CC(N)c1nc2cccc(F)c2c(=O)n1Nc1ccccc1. The first kappa shape index (κ1) is 14.2. The van der Waals surface area contributed by atoms with Gasteiger partial charge in [-0.05, 0) is 31.2 Å². The van der Waals surface area contributed by atoms with Gasteiger partial charge < -0.3 is 5.73 Å². The fourth-order valence-corrected chi connectivity index (χ4v) is 2.26. The minimum atomic E-state index is -0.602. The van der Waals surface area contributed by atoms with Crippen molar-refractivity contribution in [3.05, 3.63) is 70.5 Å². The summed E-state index contributed by atoms with van der Waals surface area (Å²) in [6.07, 6.45) is 0. The summed E-state index contributed by atoms with van der Waals surface area (Å²) < 4.78 is 15.2. The minimum Gasteiger partial charge on any atom is -0.322 e. The van der Waals surface area contributed by atoms with Crippen molar-refractivity contribution in [1.82, 2.24) is 9.66 Å². The van der Waals surface area contributed by atoms with Crippen LogP contribution < -0.4 is 16.7 Å². The van der Waals surface area contributed by atoms with Crippen LogP contribution in [0, 0.1) is 5.82 Å². The van der Waals surface area contributed by atoms with Gasteiger partial charge in [-0.1, -0.05) is 24.3 Å². The van der Waals surface area contributed by atoms with Gasteiger partial charge in [0.25, 0.3) is 5.56 Å². The predicted octanol–water partition coefficient (Wildman–Crippen LogP) is 2.43. The standard InChI is InChI=1S/C16H15FN4O/c1-10(18)15-19-13-9-5-8-12(17)14(13)16(22)21(15)20-11-6-3-2-4-7-11/h2-10,20H,18H2,1H3.